The van der Waals surface area contributed by atoms with Gasteiger partial charge in [0.2, 0.25) is 0 Å². The Labute approximate surface area is 193 Å². The Morgan fingerprint density at radius 3 is 2.34 bits per heavy atom. The molecule has 0 aliphatic rings. The van der Waals surface area contributed by atoms with Crippen molar-refractivity contribution in [2.24, 2.45) is 0 Å². The molecule has 1 N–H and O–H groups in total. The quantitative estimate of drug-likeness (QED) is 0.423. The summed E-state index contributed by atoms with van der Waals surface area (Å²) in [6, 6.07) is 18.4. The van der Waals surface area contributed by atoms with Gasteiger partial charge in [-0.05, 0) is 30.7 Å². The summed E-state index contributed by atoms with van der Waals surface area (Å²) in [7, 11) is 3.01. The third-order valence-corrected chi connectivity index (χ3v) is 5.01. The van der Waals surface area contributed by atoms with Crippen molar-refractivity contribution < 1.29 is 23.7 Å². The summed E-state index contributed by atoms with van der Waals surface area (Å²) in [6.07, 6.45) is 0. The number of carbonyl (C=O) groups is 1. The van der Waals surface area contributed by atoms with Crippen molar-refractivity contribution in [3.05, 3.63) is 82.4 Å². The van der Waals surface area contributed by atoms with Crippen LogP contribution in [0.15, 0.2) is 60.7 Å². The molecular formula is C25H26ClNO5. The minimum atomic E-state index is -0.306. The maximum absolute atomic E-state index is 13.0. The number of anilines is 1. The van der Waals surface area contributed by atoms with E-state index in [-0.39, 0.29) is 5.91 Å². The number of ether oxygens (including phenoxy) is 4. The molecule has 0 atom stereocenters. The van der Waals surface area contributed by atoms with Gasteiger partial charge in [-0.15, -0.1) is 0 Å². The molecule has 0 saturated heterocycles. The standard InChI is InChI=1S/C25H26ClNO5/c1-4-32-22-11-10-18(12-19(22)16-31-15-17-8-6-5-7-9-17)25(28)27-21-14-23(29-2)20(26)13-24(21)30-3/h5-14H,4,15-16H2,1-3H3,(H,27,28). The minimum absolute atomic E-state index is 0.306. The van der Waals surface area contributed by atoms with Crippen molar-refractivity contribution in [2.45, 2.75) is 20.1 Å². The molecule has 0 aliphatic heterocycles. The van der Waals surface area contributed by atoms with Gasteiger partial charge in [-0.2, -0.15) is 0 Å². The summed E-state index contributed by atoms with van der Waals surface area (Å²) < 4.78 is 22.2. The molecule has 0 unspecified atom stereocenters. The van der Waals surface area contributed by atoms with Gasteiger partial charge in [0.15, 0.2) is 0 Å². The molecule has 0 bridgehead atoms. The van der Waals surface area contributed by atoms with E-state index in [0.717, 1.165) is 11.1 Å². The highest BCUT2D eigenvalue weighted by Gasteiger charge is 2.16. The monoisotopic (exact) mass is 455 g/mol. The average Bonchev–Trinajstić information content (AvgIpc) is 2.81. The van der Waals surface area contributed by atoms with Crippen molar-refractivity contribution in [3.63, 3.8) is 0 Å². The number of hydrogen-bond donors (Lipinski definition) is 1. The number of nitrogens with one attached hydrogen (secondary N) is 1. The summed E-state index contributed by atoms with van der Waals surface area (Å²) in [6.45, 7) is 3.20. The van der Waals surface area contributed by atoms with Crippen molar-refractivity contribution in [3.8, 4) is 17.2 Å². The van der Waals surface area contributed by atoms with Gasteiger partial charge >= 0.3 is 0 Å². The smallest absolute Gasteiger partial charge is 0.255 e. The van der Waals surface area contributed by atoms with Gasteiger partial charge in [-0.25, -0.2) is 0 Å². The number of methoxy groups -OCH3 is 2. The van der Waals surface area contributed by atoms with Gasteiger partial charge in [0, 0.05) is 23.3 Å². The lowest BCUT2D eigenvalue weighted by Crippen LogP contribution is -2.14. The molecule has 32 heavy (non-hydrogen) atoms. The molecule has 3 aromatic rings. The fraction of sp³-hybridized carbons (Fsp3) is 0.240. The fourth-order valence-corrected chi connectivity index (χ4v) is 3.37. The zero-order valence-electron chi connectivity index (χ0n) is 18.3. The van der Waals surface area contributed by atoms with Crippen LogP contribution in [0, 0.1) is 0 Å². The highest BCUT2D eigenvalue weighted by molar-refractivity contribution is 6.32. The highest BCUT2D eigenvalue weighted by Crippen LogP contribution is 2.36. The molecule has 0 fully saturated rings. The zero-order chi connectivity index (χ0) is 22.9. The number of amides is 1. The van der Waals surface area contributed by atoms with Gasteiger partial charge in [0.05, 0.1) is 44.8 Å². The summed E-state index contributed by atoms with van der Waals surface area (Å²) in [5.74, 6) is 1.24. The van der Waals surface area contributed by atoms with Gasteiger partial charge in [-0.3, -0.25) is 4.79 Å². The zero-order valence-corrected chi connectivity index (χ0v) is 19.1. The second-order valence-corrected chi connectivity index (χ2v) is 7.28. The van der Waals surface area contributed by atoms with E-state index in [9.17, 15) is 4.79 Å². The van der Waals surface area contributed by atoms with Crippen LogP contribution >= 0.6 is 11.6 Å². The Morgan fingerprint density at radius 2 is 1.66 bits per heavy atom. The lowest BCUT2D eigenvalue weighted by atomic mass is 10.1. The van der Waals surface area contributed by atoms with Crippen molar-refractivity contribution >= 4 is 23.2 Å². The van der Waals surface area contributed by atoms with Crippen LogP contribution in [0.1, 0.15) is 28.4 Å². The largest absolute Gasteiger partial charge is 0.495 e. The first-order valence-electron chi connectivity index (χ1n) is 10.2. The van der Waals surface area contributed by atoms with Crippen molar-refractivity contribution in [1.82, 2.24) is 0 Å². The van der Waals surface area contributed by atoms with Gasteiger partial charge in [0.25, 0.3) is 5.91 Å². The average molecular weight is 456 g/mol. The molecule has 7 heteroatoms. The first kappa shape index (κ1) is 23.4. The third-order valence-electron chi connectivity index (χ3n) is 4.71. The predicted molar refractivity (Wildman–Crippen MR) is 125 cm³/mol. The lowest BCUT2D eigenvalue weighted by Gasteiger charge is -2.15. The summed E-state index contributed by atoms with van der Waals surface area (Å²) in [5, 5.41) is 3.25. The van der Waals surface area contributed by atoms with E-state index in [2.05, 4.69) is 5.32 Å². The maximum atomic E-state index is 13.0. The Morgan fingerprint density at radius 1 is 0.906 bits per heavy atom. The second-order valence-electron chi connectivity index (χ2n) is 6.88. The third kappa shape index (κ3) is 5.93. The van der Waals surface area contributed by atoms with E-state index in [1.807, 2.05) is 37.3 Å². The molecule has 6 nitrogen and oxygen atoms in total. The molecule has 1 amide bonds. The number of hydrogen-bond acceptors (Lipinski definition) is 5. The summed E-state index contributed by atoms with van der Waals surface area (Å²) >= 11 is 6.15. The van der Waals surface area contributed by atoms with E-state index >= 15 is 0 Å². The SMILES string of the molecule is CCOc1ccc(C(=O)Nc2cc(OC)c(Cl)cc2OC)cc1COCc1ccccc1. The first-order valence-corrected chi connectivity index (χ1v) is 10.5. The Kier molecular flexibility index (Phi) is 8.36. The lowest BCUT2D eigenvalue weighted by molar-refractivity contribution is 0.101. The predicted octanol–water partition coefficient (Wildman–Crippen LogP) is 5.73. The molecule has 0 radical (unpaired) electrons. The number of benzene rings is 3. The molecule has 0 aliphatic carbocycles. The second kappa shape index (κ2) is 11.4. The topological polar surface area (TPSA) is 66.0 Å². The first-order chi connectivity index (χ1) is 15.5. The Hall–Kier alpha value is -3.22. The van der Waals surface area contributed by atoms with Crippen molar-refractivity contribution in [1.29, 1.82) is 0 Å². The highest BCUT2D eigenvalue weighted by atomic mass is 35.5. The molecular weight excluding hydrogens is 430 g/mol. The van der Waals surface area contributed by atoms with E-state index in [0.29, 0.717) is 53.3 Å². The minimum Gasteiger partial charge on any atom is -0.495 e. The van der Waals surface area contributed by atoms with Crippen LogP contribution in [0.25, 0.3) is 0 Å². The molecule has 0 aromatic heterocycles. The Balaban J connectivity index is 1.78. The molecule has 0 saturated carbocycles. The Bertz CT molecular complexity index is 1060. The van der Waals surface area contributed by atoms with Crippen LogP contribution in [0.5, 0.6) is 17.2 Å². The number of rotatable bonds is 10. The van der Waals surface area contributed by atoms with Gasteiger partial charge in [-0.1, -0.05) is 41.9 Å². The normalized spacial score (nSPS) is 10.5. The van der Waals surface area contributed by atoms with E-state index in [4.69, 9.17) is 30.5 Å². The summed E-state index contributed by atoms with van der Waals surface area (Å²) in [5.41, 5.74) is 2.77. The van der Waals surface area contributed by atoms with E-state index in [1.54, 1.807) is 30.3 Å². The van der Waals surface area contributed by atoms with Crippen LogP contribution < -0.4 is 19.5 Å². The molecule has 0 spiro atoms. The van der Waals surface area contributed by atoms with E-state index < -0.39 is 0 Å². The summed E-state index contributed by atoms with van der Waals surface area (Å²) in [4.78, 5) is 13.0. The molecule has 0 heterocycles. The molecule has 168 valence electrons. The van der Waals surface area contributed by atoms with E-state index in [1.165, 1.54) is 14.2 Å². The number of halogens is 1. The van der Waals surface area contributed by atoms with Crippen molar-refractivity contribution in [2.75, 3.05) is 26.1 Å². The fourth-order valence-electron chi connectivity index (χ4n) is 3.14. The van der Waals surface area contributed by atoms with Crippen LogP contribution in [-0.2, 0) is 18.0 Å². The van der Waals surface area contributed by atoms with Crippen LogP contribution in [0.2, 0.25) is 5.02 Å². The number of carbonyl (C=O) groups excluding carboxylic acids is 1. The van der Waals surface area contributed by atoms with Crippen LogP contribution in [-0.4, -0.2) is 26.7 Å². The van der Waals surface area contributed by atoms with Gasteiger partial charge < -0.3 is 24.3 Å². The molecule has 3 aromatic carbocycles. The van der Waals surface area contributed by atoms with Crippen LogP contribution in [0.3, 0.4) is 0 Å². The molecule has 3 rings (SSSR count). The maximum Gasteiger partial charge on any atom is 0.255 e. The van der Waals surface area contributed by atoms with Crippen LogP contribution in [0.4, 0.5) is 5.69 Å². The van der Waals surface area contributed by atoms with Gasteiger partial charge in [0.1, 0.15) is 17.2 Å².